The average Bonchev–Trinajstić information content (AvgIpc) is 2.13. The minimum atomic E-state index is -1.51. The van der Waals surface area contributed by atoms with E-state index < -0.39 is 22.9 Å². The van der Waals surface area contributed by atoms with Crippen LogP contribution in [-0.2, 0) is 5.41 Å². The van der Waals surface area contributed by atoms with Crippen LogP contribution in [0.15, 0.2) is 12.1 Å². The Bertz CT molecular complexity index is 387. The van der Waals surface area contributed by atoms with E-state index >= 15 is 0 Å². The molecule has 0 saturated carbocycles. The predicted molar refractivity (Wildman–Crippen MR) is 50.7 cm³/mol. The third-order valence-electron chi connectivity index (χ3n) is 1.99. The summed E-state index contributed by atoms with van der Waals surface area (Å²) in [6.45, 7) is 3.00. The van der Waals surface area contributed by atoms with E-state index in [2.05, 4.69) is 0 Å². The molecule has 0 fully saturated rings. The molecule has 0 N–H and O–H groups in total. The molecule has 1 radical (unpaired) electrons. The molecule has 75 valence electrons. The van der Waals surface area contributed by atoms with E-state index in [1.807, 2.05) is 6.07 Å². The fraction of sp³-hybridized carbons (Fsp3) is 0.300. The van der Waals surface area contributed by atoms with Crippen molar-refractivity contribution in [3.8, 4) is 6.07 Å². The molecule has 0 atom stereocenters. The van der Waals surface area contributed by atoms with Crippen LogP contribution in [0.4, 0.5) is 13.2 Å². The molecule has 0 bridgehead atoms. The van der Waals surface area contributed by atoms with E-state index in [0.29, 0.717) is 0 Å². The third-order valence-corrected chi connectivity index (χ3v) is 1.99. The number of hydrogen-bond donors (Lipinski definition) is 0. The monoisotopic (exact) mass is 238 g/mol. The van der Waals surface area contributed by atoms with Crippen molar-refractivity contribution in [2.24, 2.45) is 0 Å². The Kier molecular flexibility index (Phi) is 5.51. The average molecular weight is 238 g/mol. The van der Waals surface area contributed by atoms with Gasteiger partial charge in [0.25, 0.3) is 0 Å². The van der Waals surface area contributed by atoms with Crippen molar-refractivity contribution >= 4 is 51.4 Å². The summed E-state index contributed by atoms with van der Waals surface area (Å²) in [5, 5.41) is 8.71. The first-order chi connectivity index (χ1) is 6.38. The number of rotatable bonds is 1. The van der Waals surface area contributed by atoms with Gasteiger partial charge >= 0.3 is 0 Å². The first kappa shape index (κ1) is 15.1. The smallest absolute Gasteiger partial charge is 0.194 e. The van der Waals surface area contributed by atoms with E-state index in [1.165, 1.54) is 13.8 Å². The molecule has 0 unspecified atom stereocenters. The van der Waals surface area contributed by atoms with Gasteiger partial charge in [0.15, 0.2) is 17.5 Å². The fourth-order valence-electron chi connectivity index (χ4n) is 0.981. The molecule has 15 heavy (non-hydrogen) atoms. The van der Waals surface area contributed by atoms with E-state index in [9.17, 15) is 13.2 Å². The zero-order valence-electron chi connectivity index (χ0n) is 8.74. The van der Waals surface area contributed by atoms with Crippen molar-refractivity contribution < 1.29 is 13.2 Å². The number of benzene rings is 1. The number of nitriles is 1. The zero-order chi connectivity index (χ0) is 10.9. The largest absolute Gasteiger partial charge is 0.204 e. The molecule has 0 aromatic heterocycles. The summed E-state index contributed by atoms with van der Waals surface area (Å²) in [6, 6.07) is 3.55. The molecule has 1 aromatic rings. The minimum absolute atomic E-state index is 0. The van der Waals surface area contributed by atoms with Gasteiger partial charge in [-0.1, -0.05) is 0 Å². The van der Waals surface area contributed by atoms with E-state index in [-0.39, 0.29) is 56.9 Å². The Hall–Kier alpha value is 0.136. The van der Waals surface area contributed by atoms with Gasteiger partial charge in [-0.25, -0.2) is 13.2 Å². The van der Waals surface area contributed by atoms with Crippen LogP contribution >= 0.6 is 0 Å². The van der Waals surface area contributed by atoms with Gasteiger partial charge in [-0.15, -0.1) is 0 Å². The van der Waals surface area contributed by atoms with E-state index in [0.717, 1.165) is 12.1 Å². The van der Waals surface area contributed by atoms with Crippen LogP contribution in [-0.4, -0.2) is 51.4 Å². The molecule has 5 heteroatoms. The molecule has 0 aliphatic rings. The Morgan fingerprint density at radius 1 is 1.13 bits per heavy atom. The van der Waals surface area contributed by atoms with Gasteiger partial charge in [-0.2, -0.15) is 5.26 Å². The summed E-state index contributed by atoms with van der Waals surface area (Å²) >= 11 is 0. The zero-order valence-corrected chi connectivity index (χ0v) is 11.9. The first-order valence-corrected chi connectivity index (χ1v) is 3.95. The van der Waals surface area contributed by atoms with Gasteiger partial charge in [-0.05, 0) is 31.5 Å². The molecule has 1 nitrogen and oxygen atoms in total. The van der Waals surface area contributed by atoms with Gasteiger partial charge in [-0.3, -0.25) is 0 Å². The van der Waals surface area contributed by atoms with Crippen LogP contribution in [0.5, 0.6) is 0 Å². The minimum Gasteiger partial charge on any atom is -0.204 e. The van der Waals surface area contributed by atoms with Gasteiger partial charge in [0.2, 0.25) is 0 Å². The third kappa shape index (κ3) is 3.30. The summed E-state index contributed by atoms with van der Waals surface area (Å²) in [4.78, 5) is 0. The van der Waals surface area contributed by atoms with Gasteiger partial charge in [0, 0.05) is 51.4 Å². The second-order valence-corrected chi connectivity index (χ2v) is 3.49. The summed E-state index contributed by atoms with van der Waals surface area (Å²) in [5.74, 6) is -4.06. The van der Waals surface area contributed by atoms with Crippen LogP contribution in [0.2, 0.25) is 0 Å². The van der Waals surface area contributed by atoms with Crippen molar-refractivity contribution in [1.29, 1.82) is 5.26 Å². The molecule has 0 amide bonds. The molecule has 0 saturated heterocycles. The molecule has 0 aliphatic heterocycles. The molecular weight excluding hydrogens is 230 g/mol. The van der Waals surface area contributed by atoms with Crippen molar-refractivity contribution in [2.75, 3.05) is 0 Å². The Morgan fingerprint density at radius 3 is 1.87 bits per heavy atom. The Labute approximate surface area is 129 Å². The fourth-order valence-corrected chi connectivity index (χ4v) is 0.981. The van der Waals surface area contributed by atoms with Gasteiger partial charge in [0.1, 0.15) is 0 Å². The summed E-state index contributed by atoms with van der Waals surface area (Å²) in [7, 11) is 0. The molecule has 0 spiro atoms. The van der Waals surface area contributed by atoms with Gasteiger partial charge in [0.05, 0.1) is 11.5 Å². The standard InChI is InChI=1S/C10H8F3N.K/c1-10(2,5-14)6-3-7(11)9(13)8(12)4-6;/h3-4H,1-2H3;. The van der Waals surface area contributed by atoms with Crippen molar-refractivity contribution in [3.05, 3.63) is 35.1 Å². The second-order valence-electron chi connectivity index (χ2n) is 3.49. The van der Waals surface area contributed by atoms with Crippen LogP contribution < -0.4 is 0 Å². The van der Waals surface area contributed by atoms with Crippen LogP contribution in [0.25, 0.3) is 0 Å². The van der Waals surface area contributed by atoms with Crippen molar-refractivity contribution in [1.82, 2.24) is 0 Å². The molecule has 0 heterocycles. The predicted octanol–water partition coefficient (Wildman–Crippen LogP) is 2.52. The van der Waals surface area contributed by atoms with Crippen LogP contribution in [0.3, 0.4) is 0 Å². The molecule has 1 rings (SSSR count). The SMILES string of the molecule is CC(C)(C#N)c1cc(F)c(F)c(F)c1.[K]. The van der Waals surface area contributed by atoms with Crippen LogP contribution in [0.1, 0.15) is 19.4 Å². The summed E-state index contributed by atoms with van der Waals surface area (Å²) in [6.07, 6.45) is 0. The normalized spacial score (nSPS) is 10.4. The van der Waals surface area contributed by atoms with Gasteiger partial charge < -0.3 is 0 Å². The Balaban J connectivity index is 0.00000196. The van der Waals surface area contributed by atoms with Crippen molar-refractivity contribution in [3.63, 3.8) is 0 Å². The number of nitrogens with zero attached hydrogens (tertiary/aromatic N) is 1. The summed E-state index contributed by atoms with van der Waals surface area (Å²) < 4.78 is 38.1. The van der Waals surface area contributed by atoms with E-state index in [4.69, 9.17) is 5.26 Å². The topological polar surface area (TPSA) is 23.8 Å². The first-order valence-electron chi connectivity index (χ1n) is 3.95. The molecule has 1 aromatic carbocycles. The maximum absolute atomic E-state index is 12.8. The van der Waals surface area contributed by atoms with E-state index in [1.54, 1.807) is 0 Å². The summed E-state index contributed by atoms with van der Waals surface area (Å²) in [5.41, 5.74) is -0.911. The molecular formula is C10H8F3KN. The number of hydrogen-bond acceptors (Lipinski definition) is 1. The maximum Gasteiger partial charge on any atom is 0.194 e. The molecule has 0 aliphatic carbocycles. The Morgan fingerprint density at radius 2 is 1.53 bits per heavy atom. The van der Waals surface area contributed by atoms with Crippen molar-refractivity contribution in [2.45, 2.75) is 19.3 Å². The second kappa shape index (κ2) is 5.46. The quantitative estimate of drug-likeness (QED) is 0.545. The number of halogens is 3. The maximum atomic E-state index is 12.8. The van der Waals surface area contributed by atoms with Crippen LogP contribution in [0, 0.1) is 28.8 Å².